The summed E-state index contributed by atoms with van der Waals surface area (Å²) < 4.78 is 0. The van der Waals surface area contributed by atoms with Gasteiger partial charge in [-0.2, -0.15) is 0 Å². The third-order valence-electron chi connectivity index (χ3n) is 13.5. The number of nitrogens with zero attached hydrogens (tertiary/aromatic N) is 2. The number of rotatable bonds is 24. The number of hydrogen-bond donors (Lipinski definition) is 4. The van der Waals surface area contributed by atoms with Crippen LogP contribution in [0.1, 0.15) is 158 Å². The largest absolute Gasteiger partial charge is 0.354 e. The maximum Gasteiger partial charge on any atom is 0.261 e. The molecule has 3 fully saturated rings. The van der Waals surface area contributed by atoms with Gasteiger partial charge in [-0.1, -0.05) is 132 Å². The maximum absolute atomic E-state index is 14.3. The second-order valence-electron chi connectivity index (χ2n) is 18.5. The molecular formula is C52H66N6O7. The summed E-state index contributed by atoms with van der Waals surface area (Å²) in [4.78, 5) is 99.1. The number of amides is 7. The van der Waals surface area contributed by atoms with E-state index in [1.165, 1.54) is 35.9 Å². The van der Waals surface area contributed by atoms with Crippen molar-refractivity contribution in [1.82, 2.24) is 31.1 Å². The monoisotopic (exact) mass is 886 g/mol. The predicted molar refractivity (Wildman–Crippen MR) is 248 cm³/mol. The van der Waals surface area contributed by atoms with Crippen LogP contribution < -0.4 is 21.3 Å². The SMILES string of the molecule is CCCCCCCCCC(=O)N[C@@H](CN1C(=O)c2ccc(C(=O)N3C[C@@H](C(=O)N[C@H]4C[C@@H]4c4ccccc4)[C@H](C(=O)N[C@H]4C[C@@H]4c4ccccc4)C3)cc2C1=O)C(=O)NCCCCCC. The molecule has 0 unspecified atom stereocenters. The zero-order valence-corrected chi connectivity index (χ0v) is 38.0. The van der Waals surface area contributed by atoms with Crippen LogP contribution in [-0.4, -0.2) is 95.5 Å². The minimum atomic E-state index is -1.16. The third-order valence-corrected chi connectivity index (χ3v) is 13.5. The molecule has 3 aromatic carbocycles. The molecule has 2 aliphatic carbocycles. The van der Waals surface area contributed by atoms with Gasteiger partial charge >= 0.3 is 0 Å². The molecule has 346 valence electrons. The van der Waals surface area contributed by atoms with E-state index in [2.05, 4.69) is 35.1 Å². The highest BCUT2D eigenvalue weighted by atomic mass is 16.2. The van der Waals surface area contributed by atoms with Crippen molar-refractivity contribution in [3.63, 3.8) is 0 Å². The van der Waals surface area contributed by atoms with E-state index >= 15 is 0 Å². The van der Waals surface area contributed by atoms with Gasteiger partial charge in [0.2, 0.25) is 23.6 Å². The Hall–Kier alpha value is -5.85. The number of nitrogens with one attached hydrogen (secondary N) is 4. The Morgan fingerprint density at radius 1 is 0.631 bits per heavy atom. The first-order valence-corrected chi connectivity index (χ1v) is 24.1. The van der Waals surface area contributed by atoms with E-state index in [1.54, 1.807) is 0 Å². The van der Waals surface area contributed by atoms with Gasteiger partial charge < -0.3 is 26.2 Å². The first-order chi connectivity index (χ1) is 31.6. The molecule has 0 aromatic heterocycles. The topological polar surface area (TPSA) is 174 Å². The van der Waals surface area contributed by atoms with Crippen molar-refractivity contribution >= 4 is 41.4 Å². The first kappa shape index (κ1) is 47.1. The molecule has 4 N–H and O–H groups in total. The Bertz CT molecular complexity index is 2110. The number of hydrogen-bond acceptors (Lipinski definition) is 7. The second kappa shape index (κ2) is 22.4. The number of fused-ring (bicyclic) bond motifs is 1. The normalized spacial score (nSPS) is 22.2. The number of benzene rings is 3. The van der Waals surface area contributed by atoms with Crippen LogP contribution >= 0.6 is 0 Å². The highest BCUT2D eigenvalue weighted by molar-refractivity contribution is 6.22. The van der Waals surface area contributed by atoms with E-state index in [9.17, 15) is 33.6 Å². The summed E-state index contributed by atoms with van der Waals surface area (Å²) in [5, 5.41) is 12.0. The average molecular weight is 887 g/mol. The lowest BCUT2D eigenvalue weighted by atomic mass is 9.94. The van der Waals surface area contributed by atoms with Crippen LogP contribution in [0.3, 0.4) is 0 Å². The number of carbonyl (C=O) groups is 7. The van der Waals surface area contributed by atoms with Crippen molar-refractivity contribution in [3.05, 3.63) is 107 Å². The first-order valence-electron chi connectivity index (χ1n) is 24.1. The maximum atomic E-state index is 14.3. The molecule has 0 spiro atoms. The van der Waals surface area contributed by atoms with Crippen molar-refractivity contribution in [1.29, 1.82) is 0 Å². The highest BCUT2D eigenvalue weighted by Crippen LogP contribution is 2.43. The molecule has 0 bridgehead atoms. The quantitative estimate of drug-likeness (QED) is 0.0577. The molecule has 7 atom stereocenters. The van der Waals surface area contributed by atoms with Crippen LogP contribution in [0.15, 0.2) is 78.9 Å². The Labute approximate surface area is 383 Å². The average Bonchev–Trinajstić information content (AvgIpc) is 4.21. The van der Waals surface area contributed by atoms with Crippen LogP contribution in [-0.2, 0) is 19.2 Å². The van der Waals surface area contributed by atoms with Gasteiger partial charge in [0.15, 0.2) is 0 Å². The molecule has 1 saturated heterocycles. The van der Waals surface area contributed by atoms with Crippen molar-refractivity contribution < 1.29 is 33.6 Å². The number of imide groups is 1. The second-order valence-corrected chi connectivity index (χ2v) is 18.5. The molecule has 2 heterocycles. The molecule has 2 saturated carbocycles. The van der Waals surface area contributed by atoms with E-state index in [0.717, 1.165) is 80.2 Å². The summed E-state index contributed by atoms with van der Waals surface area (Å²) in [6, 6.07) is 22.9. The number of likely N-dealkylation sites (tertiary alicyclic amines) is 1. The Balaban J connectivity index is 1.01. The van der Waals surface area contributed by atoms with Gasteiger partial charge in [-0.15, -0.1) is 0 Å². The molecule has 0 radical (unpaired) electrons. The summed E-state index contributed by atoms with van der Waals surface area (Å²) in [7, 11) is 0. The van der Waals surface area contributed by atoms with Gasteiger partial charge in [0.25, 0.3) is 17.7 Å². The van der Waals surface area contributed by atoms with Gasteiger partial charge in [-0.05, 0) is 55.0 Å². The van der Waals surface area contributed by atoms with E-state index in [-0.39, 0.29) is 84.4 Å². The fraction of sp³-hybridized carbons (Fsp3) is 0.519. The van der Waals surface area contributed by atoms with Crippen molar-refractivity contribution in [3.8, 4) is 0 Å². The zero-order valence-electron chi connectivity index (χ0n) is 38.0. The summed E-state index contributed by atoms with van der Waals surface area (Å²) in [5.41, 5.74) is 2.51. The molecule has 13 heteroatoms. The highest BCUT2D eigenvalue weighted by Gasteiger charge is 2.49. The standard InChI is InChI=1S/C52H66N6O7/c1-3-5-7-9-10-11-18-24-46(59)54-45(49(62)53-27-19-8-6-4-2)33-58-51(64)37-26-25-36(28-40(37)52(58)65)50(63)57-31-41(47(60)55-43-29-38(43)34-20-14-12-15-21-34)42(32-57)48(61)56-44-30-39(44)35-22-16-13-17-23-35/h12-17,20-23,25-26,28,38-39,41-45H,3-11,18-19,24,27,29-33H2,1-2H3,(H,53,62)(H,54,59)(H,55,60)(H,56,61)/t38-,39-,41-,42-,43+,44+,45+/m1/s1. The van der Waals surface area contributed by atoms with Gasteiger partial charge in [-0.25, -0.2) is 0 Å². The predicted octanol–water partition coefficient (Wildman–Crippen LogP) is 6.64. The van der Waals surface area contributed by atoms with Crippen LogP contribution in [0.25, 0.3) is 0 Å². The fourth-order valence-corrected chi connectivity index (χ4v) is 9.47. The molecule has 7 rings (SSSR count). The minimum Gasteiger partial charge on any atom is -0.354 e. The lowest BCUT2D eigenvalue weighted by Crippen LogP contribution is -2.53. The van der Waals surface area contributed by atoms with Gasteiger partial charge in [-0.3, -0.25) is 38.5 Å². The molecule has 65 heavy (non-hydrogen) atoms. The van der Waals surface area contributed by atoms with Gasteiger partial charge in [0.1, 0.15) is 6.04 Å². The summed E-state index contributed by atoms with van der Waals surface area (Å²) in [6.07, 6.45) is 12.8. The Kier molecular flexibility index (Phi) is 16.2. The summed E-state index contributed by atoms with van der Waals surface area (Å²) >= 11 is 0. The van der Waals surface area contributed by atoms with Crippen LogP contribution in [0.4, 0.5) is 0 Å². The lowest BCUT2D eigenvalue weighted by molar-refractivity contribution is -0.133. The molecule has 3 aromatic rings. The Morgan fingerprint density at radius 3 is 1.72 bits per heavy atom. The van der Waals surface area contributed by atoms with Gasteiger partial charge in [0, 0.05) is 55.5 Å². The van der Waals surface area contributed by atoms with Gasteiger partial charge in [0.05, 0.1) is 29.5 Å². The third kappa shape index (κ3) is 12.1. The Morgan fingerprint density at radius 2 is 1.15 bits per heavy atom. The zero-order chi connectivity index (χ0) is 45.9. The molecule has 13 nitrogen and oxygen atoms in total. The summed E-state index contributed by atoms with van der Waals surface area (Å²) in [5.74, 6) is -4.34. The molecule has 7 amide bonds. The van der Waals surface area contributed by atoms with E-state index in [0.29, 0.717) is 13.0 Å². The summed E-state index contributed by atoms with van der Waals surface area (Å²) in [6.45, 7) is 4.31. The molecular weight excluding hydrogens is 821 g/mol. The van der Waals surface area contributed by atoms with Crippen LogP contribution in [0.2, 0.25) is 0 Å². The fourth-order valence-electron chi connectivity index (χ4n) is 9.47. The van der Waals surface area contributed by atoms with Crippen LogP contribution in [0, 0.1) is 11.8 Å². The lowest BCUT2D eigenvalue weighted by Gasteiger charge is -2.23. The molecule has 2 aliphatic heterocycles. The van der Waals surface area contributed by atoms with E-state index in [1.807, 2.05) is 60.7 Å². The minimum absolute atomic E-state index is 0.00212. The molecule has 4 aliphatic rings. The number of unbranched alkanes of at least 4 members (excludes halogenated alkanes) is 9. The number of carbonyl (C=O) groups excluding carboxylic acids is 7. The smallest absolute Gasteiger partial charge is 0.261 e. The van der Waals surface area contributed by atoms with E-state index in [4.69, 9.17) is 0 Å². The van der Waals surface area contributed by atoms with Crippen molar-refractivity contribution in [2.24, 2.45) is 11.8 Å². The van der Waals surface area contributed by atoms with Crippen molar-refractivity contribution in [2.75, 3.05) is 26.2 Å². The van der Waals surface area contributed by atoms with Crippen molar-refractivity contribution in [2.45, 2.75) is 134 Å². The van der Waals surface area contributed by atoms with E-state index < -0.39 is 41.5 Å². The van der Waals surface area contributed by atoms with Crippen LogP contribution in [0.5, 0.6) is 0 Å².